The standard InChI is InChI=1S/C27H55NO2/c1-6-7-8-9-10-11-12-13-14-15-16-17-18-19-20-21-25(29)30-24-22-26(2,3)28-27(4,5)23-24/h24-25,28-29H,6-23H2,1-5H3. The van der Waals surface area contributed by atoms with E-state index in [4.69, 9.17) is 4.74 Å². The van der Waals surface area contributed by atoms with Gasteiger partial charge < -0.3 is 15.2 Å². The zero-order valence-corrected chi connectivity index (χ0v) is 21.2. The van der Waals surface area contributed by atoms with Crippen LogP contribution in [0.25, 0.3) is 0 Å². The lowest BCUT2D eigenvalue weighted by Gasteiger charge is -2.46. The lowest BCUT2D eigenvalue weighted by molar-refractivity contribution is -0.160. The number of rotatable bonds is 18. The van der Waals surface area contributed by atoms with Crippen molar-refractivity contribution in [3.63, 3.8) is 0 Å². The predicted molar refractivity (Wildman–Crippen MR) is 131 cm³/mol. The van der Waals surface area contributed by atoms with Crippen molar-refractivity contribution in [2.75, 3.05) is 0 Å². The summed E-state index contributed by atoms with van der Waals surface area (Å²) in [5.74, 6) is 0. The Kier molecular flexibility index (Phi) is 14.6. The predicted octanol–water partition coefficient (Wildman–Crippen LogP) is 7.89. The van der Waals surface area contributed by atoms with Crippen molar-refractivity contribution in [2.45, 2.75) is 174 Å². The van der Waals surface area contributed by atoms with E-state index in [0.29, 0.717) is 0 Å². The van der Waals surface area contributed by atoms with E-state index in [2.05, 4.69) is 39.9 Å². The molecule has 1 heterocycles. The molecule has 0 aromatic rings. The molecule has 1 atom stereocenters. The fourth-order valence-electron chi connectivity index (χ4n) is 5.31. The van der Waals surface area contributed by atoms with Crippen LogP contribution in [0.4, 0.5) is 0 Å². The molecule has 1 rings (SSSR count). The van der Waals surface area contributed by atoms with Crippen LogP contribution in [0.15, 0.2) is 0 Å². The van der Waals surface area contributed by atoms with Gasteiger partial charge in [0.15, 0.2) is 6.29 Å². The van der Waals surface area contributed by atoms with Crippen LogP contribution in [0.3, 0.4) is 0 Å². The molecule has 1 fully saturated rings. The largest absolute Gasteiger partial charge is 0.368 e. The van der Waals surface area contributed by atoms with Gasteiger partial charge in [0, 0.05) is 11.1 Å². The van der Waals surface area contributed by atoms with E-state index in [-0.39, 0.29) is 17.2 Å². The van der Waals surface area contributed by atoms with Crippen LogP contribution >= 0.6 is 0 Å². The normalized spacial score (nSPS) is 19.8. The average molecular weight is 426 g/mol. The number of hydrogen-bond acceptors (Lipinski definition) is 3. The van der Waals surface area contributed by atoms with Gasteiger partial charge in [-0.05, 0) is 53.4 Å². The van der Waals surface area contributed by atoms with Gasteiger partial charge in [0.1, 0.15) is 0 Å². The number of unbranched alkanes of at least 4 members (excludes halogenated alkanes) is 14. The molecule has 0 aliphatic carbocycles. The summed E-state index contributed by atoms with van der Waals surface area (Å²) in [5, 5.41) is 14.0. The molecule has 180 valence electrons. The maximum atomic E-state index is 10.3. The fraction of sp³-hybridized carbons (Fsp3) is 1.00. The number of aliphatic hydroxyl groups is 1. The Hall–Kier alpha value is -0.120. The van der Waals surface area contributed by atoms with Crippen molar-refractivity contribution in [3.8, 4) is 0 Å². The van der Waals surface area contributed by atoms with Gasteiger partial charge in [-0.15, -0.1) is 0 Å². The number of nitrogens with one attached hydrogen (secondary N) is 1. The van der Waals surface area contributed by atoms with Crippen LogP contribution in [0, 0.1) is 0 Å². The second kappa shape index (κ2) is 15.6. The topological polar surface area (TPSA) is 41.5 Å². The van der Waals surface area contributed by atoms with Crippen LogP contribution < -0.4 is 5.32 Å². The molecule has 2 N–H and O–H groups in total. The van der Waals surface area contributed by atoms with E-state index in [1.54, 1.807) is 0 Å². The highest BCUT2D eigenvalue weighted by atomic mass is 16.6. The second-order valence-corrected chi connectivity index (χ2v) is 11.3. The molecule has 1 unspecified atom stereocenters. The monoisotopic (exact) mass is 425 g/mol. The highest BCUT2D eigenvalue weighted by molar-refractivity contribution is 4.97. The first-order valence-corrected chi connectivity index (χ1v) is 13.4. The van der Waals surface area contributed by atoms with Gasteiger partial charge in [-0.1, -0.05) is 96.8 Å². The van der Waals surface area contributed by atoms with Crippen molar-refractivity contribution in [1.82, 2.24) is 5.32 Å². The molecule has 0 radical (unpaired) electrons. The number of aliphatic hydroxyl groups excluding tert-OH is 1. The summed E-state index contributed by atoms with van der Waals surface area (Å²) < 4.78 is 6.00. The lowest BCUT2D eigenvalue weighted by atomic mass is 9.81. The number of piperidine rings is 1. The first-order valence-electron chi connectivity index (χ1n) is 13.4. The fourth-order valence-corrected chi connectivity index (χ4v) is 5.31. The SMILES string of the molecule is CCCCCCCCCCCCCCCCCC(O)OC1CC(C)(C)NC(C)(C)C1. The van der Waals surface area contributed by atoms with Crippen LogP contribution in [0.5, 0.6) is 0 Å². The molecule has 1 aliphatic heterocycles. The highest BCUT2D eigenvalue weighted by Gasteiger charge is 2.38. The van der Waals surface area contributed by atoms with E-state index >= 15 is 0 Å². The minimum absolute atomic E-state index is 0.0702. The third kappa shape index (κ3) is 14.8. The molecule has 1 saturated heterocycles. The molecule has 0 aromatic carbocycles. The Balaban J connectivity index is 1.90. The van der Waals surface area contributed by atoms with Crippen molar-refractivity contribution in [3.05, 3.63) is 0 Å². The molecule has 0 aromatic heterocycles. The maximum Gasteiger partial charge on any atom is 0.154 e. The molecule has 30 heavy (non-hydrogen) atoms. The molecule has 1 aliphatic rings. The molecular formula is C27H55NO2. The Labute approximate surface area is 189 Å². The Morgan fingerprint density at radius 3 is 1.47 bits per heavy atom. The van der Waals surface area contributed by atoms with Gasteiger partial charge in [0.25, 0.3) is 0 Å². The molecule has 0 amide bonds. The minimum atomic E-state index is -0.596. The zero-order chi connectivity index (χ0) is 22.3. The first-order chi connectivity index (χ1) is 14.2. The smallest absolute Gasteiger partial charge is 0.154 e. The summed E-state index contributed by atoms with van der Waals surface area (Å²) in [5.41, 5.74) is 0.140. The van der Waals surface area contributed by atoms with E-state index in [9.17, 15) is 5.11 Å². The summed E-state index contributed by atoms with van der Waals surface area (Å²) in [7, 11) is 0. The van der Waals surface area contributed by atoms with E-state index < -0.39 is 6.29 Å². The van der Waals surface area contributed by atoms with Crippen LogP contribution in [0.2, 0.25) is 0 Å². The van der Waals surface area contributed by atoms with E-state index in [0.717, 1.165) is 25.7 Å². The highest BCUT2D eigenvalue weighted by Crippen LogP contribution is 2.31. The zero-order valence-electron chi connectivity index (χ0n) is 21.2. The van der Waals surface area contributed by atoms with Crippen LogP contribution in [-0.2, 0) is 4.74 Å². The van der Waals surface area contributed by atoms with Crippen LogP contribution in [0.1, 0.15) is 150 Å². The van der Waals surface area contributed by atoms with Gasteiger partial charge in [0.2, 0.25) is 0 Å². The minimum Gasteiger partial charge on any atom is -0.368 e. The number of ether oxygens (including phenoxy) is 1. The summed E-state index contributed by atoms with van der Waals surface area (Å²) in [6.07, 6.45) is 22.9. The number of hydrogen-bond donors (Lipinski definition) is 2. The second-order valence-electron chi connectivity index (χ2n) is 11.3. The van der Waals surface area contributed by atoms with Crippen molar-refractivity contribution in [2.24, 2.45) is 0 Å². The Morgan fingerprint density at radius 2 is 1.07 bits per heavy atom. The summed E-state index contributed by atoms with van der Waals surface area (Å²) in [4.78, 5) is 0. The van der Waals surface area contributed by atoms with E-state index in [1.807, 2.05) is 0 Å². The third-order valence-corrected chi connectivity index (χ3v) is 6.56. The molecule has 0 saturated carbocycles. The van der Waals surface area contributed by atoms with Gasteiger partial charge in [-0.2, -0.15) is 0 Å². The van der Waals surface area contributed by atoms with Crippen molar-refractivity contribution in [1.29, 1.82) is 0 Å². The molecule has 3 nitrogen and oxygen atoms in total. The van der Waals surface area contributed by atoms with Crippen molar-refractivity contribution < 1.29 is 9.84 Å². The molecular weight excluding hydrogens is 370 g/mol. The summed E-state index contributed by atoms with van der Waals surface area (Å²) in [6, 6.07) is 0. The Bertz CT molecular complexity index is 392. The average Bonchev–Trinajstić information content (AvgIpc) is 2.62. The molecule has 0 spiro atoms. The van der Waals surface area contributed by atoms with E-state index in [1.165, 1.54) is 89.9 Å². The van der Waals surface area contributed by atoms with Gasteiger partial charge >= 0.3 is 0 Å². The molecule has 0 bridgehead atoms. The Morgan fingerprint density at radius 1 is 0.700 bits per heavy atom. The van der Waals surface area contributed by atoms with Gasteiger partial charge in [-0.25, -0.2) is 0 Å². The summed E-state index contributed by atoms with van der Waals surface area (Å²) >= 11 is 0. The van der Waals surface area contributed by atoms with Crippen molar-refractivity contribution >= 4 is 0 Å². The lowest BCUT2D eigenvalue weighted by Crippen LogP contribution is -2.59. The third-order valence-electron chi connectivity index (χ3n) is 6.56. The quantitative estimate of drug-likeness (QED) is 0.173. The first kappa shape index (κ1) is 27.9. The maximum absolute atomic E-state index is 10.3. The van der Waals surface area contributed by atoms with Gasteiger partial charge in [-0.3, -0.25) is 0 Å². The molecule has 3 heteroatoms. The van der Waals surface area contributed by atoms with Crippen LogP contribution in [-0.4, -0.2) is 28.6 Å². The summed E-state index contributed by atoms with van der Waals surface area (Å²) in [6.45, 7) is 11.2. The van der Waals surface area contributed by atoms with Gasteiger partial charge in [0.05, 0.1) is 6.10 Å².